The molecule has 0 radical (unpaired) electrons. The fraction of sp³-hybridized carbons (Fsp3) is 0.417. The number of nitrogens with zero attached hydrogens (tertiary/aromatic N) is 1. The number of benzene rings is 1. The lowest BCUT2D eigenvalue weighted by molar-refractivity contribution is -0.387. The first-order valence-corrected chi connectivity index (χ1v) is 5.92. The number of carbonyl (C=O) groups is 1. The Labute approximate surface area is 113 Å². The van der Waals surface area contributed by atoms with E-state index in [0.717, 1.165) is 0 Å². The van der Waals surface area contributed by atoms with E-state index < -0.39 is 33.7 Å². The fourth-order valence-electron chi connectivity index (χ4n) is 1.64. The number of hydrogen-bond donors (Lipinski definition) is 2. The van der Waals surface area contributed by atoms with E-state index in [1.165, 1.54) is 0 Å². The third-order valence-electron chi connectivity index (χ3n) is 2.63. The van der Waals surface area contributed by atoms with Crippen LogP contribution in [0.3, 0.4) is 0 Å². The van der Waals surface area contributed by atoms with Crippen LogP contribution >= 0.6 is 0 Å². The third-order valence-corrected chi connectivity index (χ3v) is 2.63. The molecule has 8 heteroatoms. The number of carbonyl (C=O) groups excluding carboxylic acids is 1. The number of halogens is 2. The molecule has 6 nitrogen and oxygen atoms in total. The molecule has 1 atom stereocenters. The summed E-state index contributed by atoms with van der Waals surface area (Å²) < 4.78 is 26.9. The average molecular weight is 288 g/mol. The number of nitrogens with one attached hydrogen (secondary N) is 1. The second-order valence-electron chi connectivity index (χ2n) is 4.28. The Balaban J connectivity index is 2.96. The minimum Gasteiger partial charge on any atom is -0.396 e. The summed E-state index contributed by atoms with van der Waals surface area (Å²) in [5, 5.41) is 21.6. The maximum Gasteiger partial charge on any atom is 0.308 e. The van der Waals surface area contributed by atoms with Gasteiger partial charge in [-0.15, -0.1) is 0 Å². The van der Waals surface area contributed by atoms with Crippen LogP contribution in [0, 0.1) is 21.7 Å². The summed E-state index contributed by atoms with van der Waals surface area (Å²) in [5.74, 6) is -3.37. The summed E-state index contributed by atoms with van der Waals surface area (Å²) in [5.41, 5.74) is -1.80. The van der Waals surface area contributed by atoms with Gasteiger partial charge in [-0.3, -0.25) is 14.9 Å². The van der Waals surface area contributed by atoms with Gasteiger partial charge in [0.05, 0.1) is 16.6 Å². The molecule has 1 amide bonds. The normalized spacial score (nSPS) is 12.0. The molecule has 0 heterocycles. The third kappa shape index (κ3) is 3.95. The maximum absolute atomic E-state index is 13.7. The lowest BCUT2D eigenvalue weighted by Crippen LogP contribution is -2.33. The van der Waals surface area contributed by atoms with Crippen molar-refractivity contribution in [2.45, 2.75) is 25.8 Å². The van der Waals surface area contributed by atoms with E-state index in [1.54, 1.807) is 6.92 Å². The van der Waals surface area contributed by atoms with Crippen LogP contribution in [0.5, 0.6) is 0 Å². The molecule has 0 saturated heterocycles. The molecule has 0 fully saturated rings. The van der Waals surface area contributed by atoms with Crippen LogP contribution in [0.1, 0.15) is 30.1 Å². The van der Waals surface area contributed by atoms with Gasteiger partial charge in [-0.1, -0.05) is 0 Å². The van der Waals surface area contributed by atoms with Gasteiger partial charge in [0.25, 0.3) is 5.91 Å². The molecule has 1 rings (SSSR count). The molecular weight excluding hydrogens is 274 g/mol. The highest BCUT2D eigenvalue weighted by Gasteiger charge is 2.24. The standard InChI is InChI=1S/C12H14F2N2O4/c1-7(3-2-4-17)15-12(18)9-5-8(13)6-10(11(9)14)16(19)20/h5-7,17H,2-4H2,1H3,(H,15,18). The number of nitro groups is 1. The molecule has 0 bridgehead atoms. The predicted molar refractivity (Wildman–Crippen MR) is 66.3 cm³/mol. The van der Waals surface area contributed by atoms with Crippen LogP contribution in [-0.2, 0) is 0 Å². The molecule has 0 saturated carbocycles. The van der Waals surface area contributed by atoms with E-state index in [2.05, 4.69) is 5.32 Å². The molecule has 1 aromatic rings. The van der Waals surface area contributed by atoms with Crippen molar-refractivity contribution in [3.8, 4) is 0 Å². The summed E-state index contributed by atoms with van der Waals surface area (Å²) in [6.45, 7) is 1.57. The molecule has 0 aliphatic rings. The van der Waals surface area contributed by atoms with Crippen molar-refractivity contribution in [3.05, 3.63) is 39.4 Å². The van der Waals surface area contributed by atoms with Gasteiger partial charge in [-0.25, -0.2) is 4.39 Å². The number of nitro benzene ring substituents is 1. The van der Waals surface area contributed by atoms with Crippen LogP contribution in [-0.4, -0.2) is 28.6 Å². The van der Waals surface area contributed by atoms with Crippen LogP contribution in [0.15, 0.2) is 12.1 Å². The van der Waals surface area contributed by atoms with Crippen LogP contribution in [0.4, 0.5) is 14.5 Å². The lowest BCUT2D eigenvalue weighted by Gasteiger charge is -2.13. The van der Waals surface area contributed by atoms with Crippen LogP contribution in [0.25, 0.3) is 0 Å². The number of rotatable bonds is 6. The van der Waals surface area contributed by atoms with E-state index in [9.17, 15) is 23.7 Å². The highest BCUT2D eigenvalue weighted by atomic mass is 19.1. The van der Waals surface area contributed by atoms with Crippen molar-refractivity contribution in [1.29, 1.82) is 0 Å². The lowest BCUT2D eigenvalue weighted by atomic mass is 10.1. The number of amides is 1. The molecule has 2 N–H and O–H groups in total. The Morgan fingerprint density at radius 2 is 2.15 bits per heavy atom. The van der Waals surface area contributed by atoms with Gasteiger partial charge in [0.1, 0.15) is 5.82 Å². The number of aliphatic hydroxyl groups is 1. The number of hydrogen-bond acceptors (Lipinski definition) is 4. The Morgan fingerprint density at radius 1 is 1.50 bits per heavy atom. The van der Waals surface area contributed by atoms with E-state index in [-0.39, 0.29) is 12.6 Å². The van der Waals surface area contributed by atoms with Crippen LogP contribution < -0.4 is 5.32 Å². The zero-order valence-corrected chi connectivity index (χ0v) is 10.7. The summed E-state index contributed by atoms with van der Waals surface area (Å²) in [6.07, 6.45) is 0.883. The topological polar surface area (TPSA) is 92.5 Å². The zero-order chi connectivity index (χ0) is 15.3. The van der Waals surface area contributed by atoms with Gasteiger partial charge >= 0.3 is 5.69 Å². The summed E-state index contributed by atoms with van der Waals surface area (Å²) >= 11 is 0. The first kappa shape index (κ1) is 16.0. The van der Waals surface area contributed by atoms with Gasteiger partial charge in [-0.05, 0) is 25.8 Å². The second kappa shape index (κ2) is 6.90. The molecule has 20 heavy (non-hydrogen) atoms. The zero-order valence-electron chi connectivity index (χ0n) is 10.7. The molecule has 0 aliphatic heterocycles. The van der Waals surface area contributed by atoms with Gasteiger partial charge in [0, 0.05) is 12.6 Å². The molecule has 0 aliphatic carbocycles. The quantitative estimate of drug-likeness (QED) is 0.616. The van der Waals surface area contributed by atoms with E-state index >= 15 is 0 Å². The number of aliphatic hydroxyl groups excluding tert-OH is 1. The van der Waals surface area contributed by atoms with E-state index in [0.29, 0.717) is 25.0 Å². The monoisotopic (exact) mass is 288 g/mol. The SMILES string of the molecule is CC(CCCO)NC(=O)c1cc(F)cc([N+](=O)[O-])c1F. The van der Waals surface area contributed by atoms with Gasteiger partial charge in [0.15, 0.2) is 0 Å². The minimum atomic E-state index is -1.37. The summed E-state index contributed by atoms with van der Waals surface area (Å²) in [6, 6.07) is 0.647. The Hall–Kier alpha value is -2.09. The van der Waals surface area contributed by atoms with Crippen LogP contribution in [0.2, 0.25) is 0 Å². The first-order valence-electron chi connectivity index (χ1n) is 5.92. The highest BCUT2D eigenvalue weighted by molar-refractivity contribution is 5.95. The van der Waals surface area contributed by atoms with Crippen molar-refractivity contribution < 1.29 is 23.6 Å². The predicted octanol–water partition coefficient (Wildman–Crippen LogP) is 1.76. The molecule has 0 spiro atoms. The summed E-state index contributed by atoms with van der Waals surface area (Å²) in [7, 11) is 0. The Kier molecular flexibility index (Phi) is 5.51. The molecule has 110 valence electrons. The highest BCUT2D eigenvalue weighted by Crippen LogP contribution is 2.22. The Bertz CT molecular complexity index is 522. The van der Waals surface area contributed by atoms with Gasteiger partial charge in [0.2, 0.25) is 5.82 Å². The summed E-state index contributed by atoms with van der Waals surface area (Å²) in [4.78, 5) is 21.2. The maximum atomic E-state index is 13.7. The van der Waals surface area contributed by atoms with Crippen molar-refractivity contribution in [3.63, 3.8) is 0 Å². The van der Waals surface area contributed by atoms with E-state index in [4.69, 9.17) is 5.11 Å². The Morgan fingerprint density at radius 3 is 2.70 bits per heavy atom. The minimum absolute atomic E-state index is 0.0555. The van der Waals surface area contributed by atoms with Crippen molar-refractivity contribution >= 4 is 11.6 Å². The van der Waals surface area contributed by atoms with Gasteiger partial charge < -0.3 is 10.4 Å². The molecular formula is C12H14F2N2O4. The van der Waals surface area contributed by atoms with Crippen molar-refractivity contribution in [2.24, 2.45) is 0 Å². The largest absolute Gasteiger partial charge is 0.396 e. The molecule has 1 aromatic carbocycles. The smallest absolute Gasteiger partial charge is 0.308 e. The molecule has 1 unspecified atom stereocenters. The fourth-order valence-corrected chi connectivity index (χ4v) is 1.64. The van der Waals surface area contributed by atoms with Gasteiger partial charge in [-0.2, -0.15) is 4.39 Å². The second-order valence-corrected chi connectivity index (χ2v) is 4.28. The first-order chi connectivity index (χ1) is 9.36. The van der Waals surface area contributed by atoms with Crippen molar-refractivity contribution in [1.82, 2.24) is 5.32 Å². The van der Waals surface area contributed by atoms with E-state index in [1.807, 2.05) is 0 Å². The molecule has 0 aromatic heterocycles. The van der Waals surface area contributed by atoms with Crippen molar-refractivity contribution in [2.75, 3.05) is 6.61 Å². The average Bonchev–Trinajstić information content (AvgIpc) is 2.38.